The summed E-state index contributed by atoms with van der Waals surface area (Å²) in [6.07, 6.45) is 3.07. The number of rotatable bonds is 3. The fourth-order valence-electron chi connectivity index (χ4n) is 3.91. The molecule has 1 aromatic heterocycles. The third kappa shape index (κ3) is 3.35. The summed E-state index contributed by atoms with van der Waals surface area (Å²) in [7, 11) is 2.12. The third-order valence-corrected chi connectivity index (χ3v) is 5.42. The van der Waals surface area contributed by atoms with E-state index < -0.39 is 0 Å². The number of amides is 1. The molecule has 26 heavy (non-hydrogen) atoms. The van der Waals surface area contributed by atoms with Crippen molar-refractivity contribution in [3.63, 3.8) is 0 Å². The molecule has 2 aromatic rings. The van der Waals surface area contributed by atoms with E-state index in [4.69, 9.17) is 0 Å². The molecule has 1 aromatic carbocycles. The zero-order chi connectivity index (χ0) is 18.1. The van der Waals surface area contributed by atoms with E-state index in [1.165, 1.54) is 12.1 Å². The molecule has 1 fully saturated rings. The molecular weight excluding hydrogens is 333 g/mol. The quantitative estimate of drug-likeness (QED) is 0.841. The number of benzene rings is 1. The predicted molar refractivity (Wildman–Crippen MR) is 95.0 cm³/mol. The summed E-state index contributed by atoms with van der Waals surface area (Å²) < 4.78 is 15.3. The van der Waals surface area contributed by atoms with Crippen LogP contribution in [-0.2, 0) is 24.2 Å². The Balaban J connectivity index is 1.53. The molecule has 138 valence electrons. The number of hydrogen-bond donors (Lipinski definition) is 0. The lowest BCUT2D eigenvalue weighted by atomic mass is 10.1. The molecule has 7 heteroatoms. The number of nitrogens with zero attached hydrogens (tertiary/aromatic N) is 5. The maximum absolute atomic E-state index is 13.1. The first-order valence-electron chi connectivity index (χ1n) is 9.26. The first-order valence-corrected chi connectivity index (χ1v) is 9.26. The van der Waals surface area contributed by atoms with Gasteiger partial charge in [0, 0.05) is 32.6 Å². The van der Waals surface area contributed by atoms with Crippen LogP contribution in [0.4, 0.5) is 4.39 Å². The molecule has 0 radical (unpaired) electrons. The molecule has 2 aliphatic rings. The van der Waals surface area contributed by atoms with E-state index in [0.29, 0.717) is 6.42 Å². The molecule has 0 unspecified atom stereocenters. The van der Waals surface area contributed by atoms with E-state index in [2.05, 4.69) is 26.7 Å². The van der Waals surface area contributed by atoms with E-state index in [-0.39, 0.29) is 17.8 Å². The summed E-state index contributed by atoms with van der Waals surface area (Å²) in [5.41, 5.74) is 0.837. The molecule has 3 heterocycles. The molecule has 0 N–H and O–H groups in total. The SMILES string of the molecule is CN1CCc2nnc([C@H]3CCCN3C(=O)Cc3ccc(F)cc3)n2CC1. The summed E-state index contributed by atoms with van der Waals surface area (Å²) >= 11 is 0. The lowest BCUT2D eigenvalue weighted by molar-refractivity contribution is -0.131. The number of hydrogen-bond acceptors (Lipinski definition) is 4. The summed E-state index contributed by atoms with van der Waals surface area (Å²) in [5.74, 6) is 1.72. The number of halogens is 1. The van der Waals surface area contributed by atoms with Gasteiger partial charge in [-0.05, 0) is 37.6 Å². The molecule has 1 saturated heterocycles. The molecule has 0 aliphatic carbocycles. The second-order valence-electron chi connectivity index (χ2n) is 7.23. The number of likely N-dealkylation sites (N-methyl/N-ethyl adjacent to an activating group) is 1. The standard InChI is InChI=1S/C19H24FN5O/c1-23-10-8-17-21-22-19(25(17)12-11-23)16-3-2-9-24(16)18(26)13-14-4-6-15(20)7-5-14/h4-7,16H,2-3,8-13H2,1H3/t16-/m1/s1. The molecule has 1 atom stereocenters. The van der Waals surface area contributed by atoms with Gasteiger partial charge in [0.15, 0.2) is 5.82 Å². The van der Waals surface area contributed by atoms with Gasteiger partial charge in [-0.2, -0.15) is 0 Å². The molecular formula is C19H24FN5O. The highest BCUT2D eigenvalue weighted by atomic mass is 19.1. The Labute approximate surface area is 152 Å². The highest BCUT2D eigenvalue weighted by Gasteiger charge is 2.34. The van der Waals surface area contributed by atoms with Gasteiger partial charge in [-0.3, -0.25) is 4.79 Å². The van der Waals surface area contributed by atoms with Crippen LogP contribution in [0.1, 0.15) is 36.1 Å². The normalized spacial score (nSPS) is 20.8. The lowest BCUT2D eigenvalue weighted by Crippen LogP contribution is -2.33. The third-order valence-electron chi connectivity index (χ3n) is 5.42. The van der Waals surface area contributed by atoms with Crippen molar-refractivity contribution in [2.45, 2.75) is 38.3 Å². The van der Waals surface area contributed by atoms with Crippen LogP contribution in [-0.4, -0.2) is 57.2 Å². The minimum atomic E-state index is -0.281. The van der Waals surface area contributed by atoms with Gasteiger partial charge in [-0.15, -0.1) is 10.2 Å². The summed E-state index contributed by atoms with van der Waals surface area (Å²) in [6.45, 7) is 3.56. The number of carbonyl (C=O) groups is 1. The topological polar surface area (TPSA) is 54.3 Å². The van der Waals surface area contributed by atoms with Gasteiger partial charge in [0.05, 0.1) is 12.5 Å². The molecule has 4 rings (SSSR count). The van der Waals surface area contributed by atoms with E-state index in [1.807, 2.05) is 4.90 Å². The predicted octanol–water partition coefficient (Wildman–Crippen LogP) is 1.81. The summed E-state index contributed by atoms with van der Waals surface area (Å²) in [5, 5.41) is 8.84. The van der Waals surface area contributed by atoms with Crippen LogP contribution in [0, 0.1) is 5.82 Å². The van der Waals surface area contributed by atoms with E-state index >= 15 is 0 Å². The maximum atomic E-state index is 13.1. The largest absolute Gasteiger partial charge is 0.332 e. The highest BCUT2D eigenvalue weighted by Crippen LogP contribution is 2.32. The lowest BCUT2D eigenvalue weighted by Gasteiger charge is -2.25. The molecule has 6 nitrogen and oxygen atoms in total. The molecule has 1 amide bonds. The van der Waals surface area contributed by atoms with Crippen molar-refractivity contribution in [3.8, 4) is 0 Å². The van der Waals surface area contributed by atoms with Crippen LogP contribution in [0.5, 0.6) is 0 Å². The van der Waals surface area contributed by atoms with Crippen molar-refractivity contribution < 1.29 is 9.18 Å². The van der Waals surface area contributed by atoms with Crippen molar-refractivity contribution in [2.75, 3.05) is 26.7 Å². The minimum absolute atomic E-state index is 0.00685. The average Bonchev–Trinajstić information content (AvgIpc) is 3.22. The van der Waals surface area contributed by atoms with Gasteiger partial charge in [0.1, 0.15) is 11.6 Å². The Bertz CT molecular complexity index is 788. The Hall–Kier alpha value is -2.28. The number of likely N-dealkylation sites (tertiary alicyclic amines) is 1. The van der Waals surface area contributed by atoms with Crippen LogP contribution in [0.25, 0.3) is 0 Å². The number of carbonyl (C=O) groups excluding carboxylic acids is 1. The van der Waals surface area contributed by atoms with E-state index in [9.17, 15) is 9.18 Å². The number of aromatic nitrogens is 3. The van der Waals surface area contributed by atoms with Gasteiger partial charge in [0.2, 0.25) is 5.91 Å². The molecule has 0 saturated carbocycles. The van der Waals surface area contributed by atoms with Crippen molar-refractivity contribution in [1.82, 2.24) is 24.6 Å². The van der Waals surface area contributed by atoms with Crippen molar-refractivity contribution in [2.24, 2.45) is 0 Å². The second kappa shape index (κ2) is 7.15. The van der Waals surface area contributed by atoms with Gasteiger partial charge < -0.3 is 14.4 Å². The van der Waals surface area contributed by atoms with Crippen LogP contribution in [0.3, 0.4) is 0 Å². The molecule has 2 aliphatic heterocycles. The molecule has 0 spiro atoms. The van der Waals surface area contributed by atoms with Gasteiger partial charge in [-0.1, -0.05) is 12.1 Å². The fourth-order valence-corrected chi connectivity index (χ4v) is 3.91. The smallest absolute Gasteiger partial charge is 0.227 e. The first kappa shape index (κ1) is 17.1. The van der Waals surface area contributed by atoms with Crippen LogP contribution in [0.15, 0.2) is 24.3 Å². The summed E-state index contributed by atoms with van der Waals surface area (Å²) in [4.78, 5) is 17.1. The average molecular weight is 357 g/mol. The van der Waals surface area contributed by atoms with Gasteiger partial charge in [-0.25, -0.2) is 4.39 Å². The Morgan fingerprint density at radius 2 is 1.96 bits per heavy atom. The van der Waals surface area contributed by atoms with Crippen molar-refractivity contribution in [3.05, 3.63) is 47.3 Å². The Morgan fingerprint density at radius 3 is 2.77 bits per heavy atom. The van der Waals surface area contributed by atoms with E-state index in [1.54, 1.807) is 12.1 Å². The Morgan fingerprint density at radius 1 is 1.15 bits per heavy atom. The van der Waals surface area contributed by atoms with Crippen LogP contribution in [0.2, 0.25) is 0 Å². The highest BCUT2D eigenvalue weighted by molar-refractivity contribution is 5.79. The second-order valence-corrected chi connectivity index (χ2v) is 7.23. The van der Waals surface area contributed by atoms with Crippen molar-refractivity contribution >= 4 is 5.91 Å². The number of fused-ring (bicyclic) bond motifs is 1. The minimum Gasteiger partial charge on any atom is -0.332 e. The van der Waals surface area contributed by atoms with E-state index in [0.717, 1.165) is 62.7 Å². The first-order chi connectivity index (χ1) is 12.6. The maximum Gasteiger partial charge on any atom is 0.227 e. The summed E-state index contributed by atoms with van der Waals surface area (Å²) in [6, 6.07) is 6.15. The van der Waals surface area contributed by atoms with Crippen molar-refractivity contribution in [1.29, 1.82) is 0 Å². The Kier molecular flexibility index (Phi) is 4.72. The monoisotopic (exact) mass is 357 g/mol. The van der Waals surface area contributed by atoms with Gasteiger partial charge >= 0.3 is 0 Å². The van der Waals surface area contributed by atoms with Gasteiger partial charge in [0.25, 0.3) is 0 Å². The van der Waals surface area contributed by atoms with Crippen LogP contribution < -0.4 is 0 Å². The van der Waals surface area contributed by atoms with Crippen LogP contribution >= 0.6 is 0 Å². The molecule has 0 bridgehead atoms. The zero-order valence-corrected chi connectivity index (χ0v) is 15.1. The fraction of sp³-hybridized carbons (Fsp3) is 0.526. The zero-order valence-electron chi connectivity index (χ0n) is 15.1.